The van der Waals surface area contributed by atoms with Crippen LogP contribution >= 0.6 is 0 Å². The van der Waals surface area contributed by atoms with Crippen LogP contribution in [-0.2, 0) is 19.6 Å². The SMILES string of the molecule is CN(Cc1cn(CCN)nn1)Cc1ccccc1F. The van der Waals surface area contributed by atoms with Gasteiger partial charge in [-0.25, -0.2) is 4.39 Å². The van der Waals surface area contributed by atoms with Crippen LogP contribution in [0.4, 0.5) is 4.39 Å². The molecule has 0 radical (unpaired) electrons. The van der Waals surface area contributed by atoms with E-state index in [9.17, 15) is 4.39 Å². The molecule has 0 fully saturated rings. The molecule has 0 unspecified atom stereocenters. The van der Waals surface area contributed by atoms with Crippen molar-refractivity contribution in [3.05, 3.63) is 47.5 Å². The predicted molar refractivity (Wildman–Crippen MR) is 70.6 cm³/mol. The molecule has 0 aliphatic rings. The third-order valence-electron chi connectivity index (χ3n) is 2.77. The summed E-state index contributed by atoms with van der Waals surface area (Å²) in [7, 11) is 1.92. The second kappa shape index (κ2) is 6.40. The van der Waals surface area contributed by atoms with Crippen LogP contribution in [0.25, 0.3) is 0 Å². The van der Waals surface area contributed by atoms with Crippen molar-refractivity contribution in [2.45, 2.75) is 19.6 Å². The van der Waals surface area contributed by atoms with Crippen molar-refractivity contribution in [2.75, 3.05) is 13.6 Å². The number of aromatic nitrogens is 3. The maximum absolute atomic E-state index is 13.5. The quantitative estimate of drug-likeness (QED) is 0.845. The Kier molecular flexibility index (Phi) is 4.59. The van der Waals surface area contributed by atoms with Crippen LogP contribution in [-0.4, -0.2) is 33.5 Å². The number of nitrogens with two attached hydrogens (primary N) is 1. The summed E-state index contributed by atoms with van der Waals surface area (Å²) >= 11 is 0. The Morgan fingerprint density at radius 1 is 1.32 bits per heavy atom. The van der Waals surface area contributed by atoms with Crippen LogP contribution < -0.4 is 5.73 Å². The molecule has 0 aliphatic carbocycles. The van der Waals surface area contributed by atoms with E-state index in [0.717, 1.165) is 5.69 Å². The van der Waals surface area contributed by atoms with Crippen molar-refractivity contribution < 1.29 is 4.39 Å². The van der Waals surface area contributed by atoms with E-state index in [2.05, 4.69) is 10.3 Å². The molecule has 1 heterocycles. The molecule has 2 rings (SSSR count). The van der Waals surface area contributed by atoms with Crippen LogP contribution in [0.2, 0.25) is 0 Å². The standard InChI is InChI=1S/C13H18FN5/c1-18(8-11-4-2-3-5-13(11)14)9-12-10-19(7-6-15)17-16-12/h2-5,10H,6-9,15H2,1H3. The van der Waals surface area contributed by atoms with Crippen molar-refractivity contribution in [3.8, 4) is 0 Å². The Hall–Kier alpha value is -1.79. The average molecular weight is 263 g/mol. The maximum Gasteiger partial charge on any atom is 0.127 e. The van der Waals surface area contributed by atoms with Gasteiger partial charge in [-0.1, -0.05) is 23.4 Å². The van der Waals surface area contributed by atoms with Gasteiger partial charge in [-0.15, -0.1) is 5.10 Å². The zero-order valence-electron chi connectivity index (χ0n) is 11.0. The molecule has 0 bridgehead atoms. The second-order valence-electron chi connectivity index (χ2n) is 4.53. The Bertz CT molecular complexity index is 525. The van der Waals surface area contributed by atoms with E-state index in [1.54, 1.807) is 16.8 Å². The minimum atomic E-state index is -0.180. The molecule has 0 atom stereocenters. The van der Waals surface area contributed by atoms with Gasteiger partial charge in [-0.3, -0.25) is 9.58 Å². The Morgan fingerprint density at radius 2 is 2.11 bits per heavy atom. The van der Waals surface area contributed by atoms with Crippen molar-refractivity contribution >= 4 is 0 Å². The first-order valence-electron chi connectivity index (χ1n) is 6.20. The highest BCUT2D eigenvalue weighted by Gasteiger charge is 2.08. The van der Waals surface area contributed by atoms with E-state index in [-0.39, 0.29) is 5.82 Å². The Morgan fingerprint density at radius 3 is 2.84 bits per heavy atom. The van der Waals surface area contributed by atoms with Crippen LogP contribution in [0.1, 0.15) is 11.3 Å². The van der Waals surface area contributed by atoms with Gasteiger partial charge in [0, 0.05) is 31.4 Å². The second-order valence-corrected chi connectivity index (χ2v) is 4.53. The molecule has 2 aromatic rings. The maximum atomic E-state index is 13.5. The molecule has 0 amide bonds. The van der Waals surface area contributed by atoms with Crippen LogP contribution in [0.15, 0.2) is 30.5 Å². The van der Waals surface area contributed by atoms with Gasteiger partial charge < -0.3 is 5.73 Å². The fourth-order valence-corrected chi connectivity index (χ4v) is 1.90. The Labute approximate surface area is 111 Å². The number of hydrogen-bond acceptors (Lipinski definition) is 4. The number of benzene rings is 1. The van der Waals surface area contributed by atoms with Crippen LogP contribution in [0, 0.1) is 5.82 Å². The van der Waals surface area contributed by atoms with Gasteiger partial charge >= 0.3 is 0 Å². The zero-order valence-corrected chi connectivity index (χ0v) is 11.0. The molecule has 0 aliphatic heterocycles. The summed E-state index contributed by atoms with van der Waals surface area (Å²) in [4.78, 5) is 2.00. The lowest BCUT2D eigenvalue weighted by atomic mass is 10.2. The minimum absolute atomic E-state index is 0.180. The van der Waals surface area contributed by atoms with E-state index in [0.29, 0.717) is 31.7 Å². The largest absolute Gasteiger partial charge is 0.329 e. The Balaban J connectivity index is 1.93. The lowest BCUT2D eigenvalue weighted by molar-refractivity contribution is 0.309. The fourth-order valence-electron chi connectivity index (χ4n) is 1.90. The topological polar surface area (TPSA) is 60.0 Å². The number of nitrogens with zero attached hydrogens (tertiary/aromatic N) is 4. The van der Waals surface area contributed by atoms with Gasteiger partial charge in [0.2, 0.25) is 0 Å². The van der Waals surface area contributed by atoms with Crippen LogP contribution in [0.5, 0.6) is 0 Å². The van der Waals surface area contributed by atoms with Crippen molar-refractivity contribution in [1.82, 2.24) is 19.9 Å². The molecule has 0 spiro atoms. The highest BCUT2D eigenvalue weighted by Crippen LogP contribution is 2.10. The summed E-state index contributed by atoms with van der Waals surface area (Å²) in [6.45, 7) is 2.35. The molecule has 102 valence electrons. The molecular weight excluding hydrogens is 245 g/mol. The summed E-state index contributed by atoms with van der Waals surface area (Å²) in [5.41, 5.74) is 6.98. The monoisotopic (exact) mass is 263 g/mol. The van der Waals surface area contributed by atoms with E-state index in [1.165, 1.54) is 6.07 Å². The average Bonchev–Trinajstić information content (AvgIpc) is 2.80. The van der Waals surface area contributed by atoms with Crippen molar-refractivity contribution in [3.63, 3.8) is 0 Å². The van der Waals surface area contributed by atoms with Gasteiger partial charge in [0.15, 0.2) is 0 Å². The first-order chi connectivity index (χ1) is 9.19. The van der Waals surface area contributed by atoms with Crippen molar-refractivity contribution in [2.24, 2.45) is 5.73 Å². The highest BCUT2D eigenvalue weighted by atomic mass is 19.1. The molecular formula is C13H18FN5. The number of halogens is 1. The molecule has 2 N–H and O–H groups in total. The third kappa shape index (κ3) is 3.84. The zero-order chi connectivity index (χ0) is 13.7. The van der Waals surface area contributed by atoms with Gasteiger partial charge in [-0.05, 0) is 13.1 Å². The molecule has 1 aromatic carbocycles. The molecule has 1 aromatic heterocycles. The van der Waals surface area contributed by atoms with Gasteiger partial charge in [0.25, 0.3) is 0 Å². The summed E-state index contributed by atoms with van der Waals surface area (Å²) < 4.78 is 15.2. The molecule has 19 heavy (non-hydrogen) atoms. The number of rotatable bonds is 6. The summed E-state index contributed by atoms with van der Waals surface area (Å²) in [5.74, 6) is -0.180. The van der Waals surface area contributed by atoms with Crippen LogP contribution in [0.3, 0.4) is 0 Å². The normalized spacial score (nSPS) is 11.2. The lowest BCUT2D eigenvalue weighted by Gasteiger charge is -2.15. The van der Waals surface area contributed by atoms with E-state index in [4.69, 9.17) is 5.73 Å². The highest BCUT2D eigenvalue weighted by molar-refractivity contribution is 5.17. The number of hydrogen-bond donors (Lipinski definition) is 1. The summed E-state index contributed by atoms with van der Waals surface area (Å²) in [6.07, 6.45) is 1.87. The summed E-state index contributed by atoms with van der Waals surface area (Å²) in [6, 6.07) is 6.79. The lowest BCUT2D eigenvalue weighted by Crippen LogP contribution is -2.18. The predicted octanol–water partition coefficient (Wildman–Crippen LogP) is 1.01. The molecule has 0 saturated carbocycles. The molecule has 6 heteroatoms. The van der Waals surface area contributed by atoms with Crippen molar-refractivity contribution in [1.29, 1.82) is 0 Å². The minimum Gasteiger partial charge on any atom is -0.329 e. The fraction of sp³-hybridized carbons (Fsp3) is 0.385. The first kappa shape index (κ1) is 13.6. The van der Waals surface area contributed by atoms with E-state index < -0.39 is 0 Å². The third-order valence-corrected chi connectivity index (χ3v) is 2.77. The van der Waals surface area contributed by atoms with Gasteiger partial charge in [0.1, 0.15) is 5.82 Å². The van der Waals surface area contributed by atoms with E-state index in [1.807, 2.05) is 24.2 Å². The summed E-state index contributed by atoms with van der Waals surface area (Å²) in [5, 5.41) is 8.03. The van der Waals surface area contributed by atoms with E-state index >= 15 is 0 Å². The molecule has 0 saturated heterocycles. The van der Waals surface area contributed by atoms with Gasteiger partial charge in [-0.2, -0.15) is 0 Å². The van der Waals surface area contributed by atoms with Gasteiger partial charge in [0.05, 0.1) is 12.2 Å². The first-order valence-corrected chi connectivity index (χ1v) is 6.20. The smallest absolute Gasteiger partial charge is 0.127 e. The molecule has 5 nitrogen and oxygen atoms in total.